The standard InChI is InChI=1S/C21H14ClFN2O2/c22-14-1-7-19(18(12-14)21(26)27)24-16-4-8-20-13(11-16)9-10-25(20)17-5-2-15(23)3-6-17/h1-12,24H,(H,26,27). The van der Waals surface area contributed by atoms with Crippen molar-refractivity contribution in [1.29, 1.82) is 0 Å². The summed E-state index contributed by atoms with van der Waals surface area (Å²) < 4.78 is 15.1. The summed E-state index contributed by atoms with van der Waals surface area (Å²) >= 11 is 5.90. The molecule has 0 aliphatic heterocycles. The number of benzene rings is 3. The van der Waals surface area contributed by atoms with Gasteiger partial charge in [0.25, 0.3) is 0 Å². The molecule has 0 saturated heterocycles. The molecule has 1 aromatic heterocycles. The van der Waals surface area contributed by atoms with Crippen LogP contribution in [0.2, 0.25) is 5.02 Å². The largest absolute Gasteiger partial charge is 0.478 e. The smallest absolute Gasteiger partial charge is 0.337 e. The van der Waals surface area contributed by atoms with Crippen LogP contribution >= 0.6 is 11.6 Å². The van der Waals surface area contributed by atoms with E-state index in [1.807, 2.05) is 35.0 Å². The number of carbonyl (C=O) groups is 1. The zero-order valence-corrected chi connectivity index (χ0v) is 14.7. The minimum absolute atomic E-state index is 0.103. The van der Waals surface area contributed by atoms with Gasteiger partial charge < -0.3 is 15.0 Å². The lowest BCUT2D eigenvalue weighted by atomic mass is 10.1. The van der Waals surface area contributed by atoms with Gasteiger partial charge in [-0.15, -0.1) is 0 Å². The molecular formula is C21H14ClFN2O2. The number of hydrogen-bond acceptors (Lipinski definition) is 2. The number of aromatic carboxylic acids is 1. The average molecular weight is 381 g/mol. The number of hydrogen-bond donors (Lipinski definition) is 2. The van der Waals surface area contributed by atoms with Crippen LogP contribution in [0.25, 0.3) is 16.6 Å². The molecule has 0 radical (unpaired) electrons. The topological polar surface area (TPSA) is 54.3 Å². The maximum atomic E-state index is 13.1. The Morgan fingerprint density at radius 3 is 2.52 bits per heavy atom. The van der Waals surface area contributed by atoms with Crippen molar-refractivity contribution in [1.82, 2.24) is 4.57 Å². The fraction of sp³-hybridized carbons (Fsp3) is 0. The Morgan fingerprint density at radius 2 is 1.78 bits per heavy atom. The van der Waals surface area contributed by atoms with Gasteiger partial charge in [0.05, 0.1) is 16.8 Å². The van der Waals surface area contributed by atoms with E-state index in [0.717, 1.165) is 22.3 Å². The number of rotatable bonds is 4. The van der Waals surface area contributed by atoms with E-state index < -0.39 is 5.97 Å². The minimum Gasteiger partial charge on any atom is -0.478 e. The summed E-state index contributed by atoms with van der Waals surface area (Å²) in [6.45, 7) is 0. The van der Waals surface area contributed by atoms with Crippen LogP contribution in [0.15, 0.2) is 72.9 Å². The first-order valence-corrected chi connectivity index (χ1v) is 8.56. The molecule has 0 atom stereocenters. The number of anilines is 2. The Kier molecular flexibility index (Phi) is 4.30. The molecule has 0 bridgehead atoms. The van der Waals surface area contributed by atoms with Gasteiger partial charge in [0, 0.05) is 28.0 Å². The summed E-state index contributed by atoms with van der Waals surface area (Å²) in [6.07, 6.45) is 1.91. The lowest BCUT2D eigenvalue weighted by Crippen LogP contribution is -2.02. The number of fused-ring (bicyclic) bond motifs is 1. The van der Waals surface area contributed by atoms with Crippen LogP contribution in [0.4, 0.5) is 15.8 Å². The lowest BCUT2D eigenvalue weighted by Gasteiger charge is -2.11. The lowest BCUT2D eigenvalue weighted by molar-refractivity contribution is 0.0698. The van der Waals surface area contributed by atoms with Gasteiger partial charge in [0.15, 0.2) is 0 Å². The summed E-state index contributed by atoms with van der Waals surface area (Å²) in [7, 11) is 0. The van der Waals surface area contributed by atoms with E-state index in [1.165, 1.54) is 18.2 Å². The number of carboxylic acid groups (broad SMARTS) is 1. The third kappa shape index (κ3) is 3.37. The van der Waals surface area contributed by atoms with Gasteiger partial charge in [-0.25, -0.2) is 9.18 Å². The monoisotopic (exact) mass is 380 g/mol. The van der Waals surface area contributed by atoms with Gasteiger partial charge in [0.2, 0.25) is 0 Å². The molecule has 0 fully saturated rings. The summed E-state index contributed by atoms with van der Waals surface area (Å²) in [4.78, 5) is 11.4. The third-order valence-corrected chi connectivity index (χ3v) is 4.52. The first-order valence-electron chi connectivity index (χ1n) is 8.18. The highest BCUT2D eigenvalue weighted by Gasteiger charge is 2.12. The molecule has 6 heteroatoms. The van der Waals surface area contributed by atoms with Gasteiger partial charge in [-0.3, -0.25) is 0 Å². The molecule has 2 N–H and O–H groups in total. The van der Waals surface area contributed by atoms with Crippen molar-refractivity contribution in [2.45, 2.75) is 0 Å². The zero-order valence-electron chi connectivity index (χ0n) is 14.0. The molecule has 134 valence electrons. The number of aromatic nitrogens is 1. The van der Waals surface area contributed by atoms with Crippen molar-refractivity contribution >= 4 is 39.8 Å². The highest BCUT2D eigenvalue weighted by atomic mass is 35.5. The van der Waals surface area contributed by atoms with Crippen LogP contribution in [-0.4, -0.2) is 15.6 Å². The zero-order chi connectivity index (χ0) is 19.0. The highest BCUT2D eigenvalue weighted by molar-refractivity contribution is 6.31. The molecule has 0 saturated carbocycles. The predicted molar refractivity (Wildman–Crippen MR) is 105 cm³/mol. The number of halogens is 2. The van der Waals surface area contributed by atoms with Gasteiger partial charge in [-0.05, 0) is 66.7 Å². The molecule has 27 heavy (non-hydrogen) atoms. The van der Waals surface area contributed by atoms with Crippen LogP contribution in [0.5, 0.6) is 0 Å². The van der Waals surface area contributed by atoms with Crippen molar-refractivity contribution in [3.8, 4) is 5.69 Å². The normalized spacial score (nSPS) is 10.9. The van der Waals surface area contributed by atoms with Crippen molar-refractivity contribution < 1.29 is 14.3 Å². The highest BCUT2D eigenvalue weighted by Crippen LogP contribution is 2.28. The molecule has 0 aliphatic rings. The first-order chi connectivity index (χ1) is 13.0. The summed E-state index contributed by atoms with van der Waals surface area (Å²) in [6, 6.07) is 18.6. The Labute approximate surface area is 159 Å². The van der Waals surface area contributed by atoms with Crippen LogP contribution in [0, 0.1) is 5.82 Å². The maximum Gasteiger partial charge on any atom is 0.337 e. The summed E-state index contributed by atoms with van der Waals surface area (Å²) in [5.74, 6) is -1.33. The number of nitrogens with zero attached hydrogens (tertiary/aromatic N) is 1. The SMILES string of the molecule is O=C(O)c1cc(Cl)ccc1Nc1ccc2c(ccn2-c2ccc(F)cc2)c1. The van der Waals surface area contributed by atoms with Crippen molar-refractivity contribution in [2.24, 2.45) is 0 Å². The quantitative estimate of drug-likeness (QED) is 0.466. The molecule has 4 rings (SSSR count). The number of carboxylic acids is 1. The van der Waals surface area contributed by atoms with E-state index >= 15 is 0 Å². The Balaban J connectivity index is 1.69. The van der Waals surface area contributed by atoms with E-state index in [9.17, 15) is 14.3 Å². The van der Waals surface area contributed by atoms with Gasteiger partial charge in [-0.2, -0.15) is 0 Å². The minimum atomic E-state index is -1.05. The van der Waals surface area contributed by atoms with E-state index in [4.69, 9.17) is 11.6 Å². The molecule has 0 spiro atoms. The van der Waals surface area contributed by atoms with E-state index in [2.05, 4.69) is 5.32 Å². The fourth-order valence-corrected chi connectivity index (χ4v) is 3.18. The Hall–Kier alpha value is -3.31. The van der Waals surface area contributed by atoms with Crippen LogP contribution in [-0.2, 0) is 0 Å². The molecular weight excluding hydrogens is 367 g/mol. The fourth-order valence-electron chi connectivity index (χ4n) is 3.01. The summed E-state index contributed by atoms with van der Waals surface area (Å²) in [5, 5.41) is 13.8. The average Bonchev–Trinajstić information content (AvgIpc) is 3.07. The second kappa shape index (κ2) is 6.78. The van der Waals surface area contributed by atoms with Crippen molar-refractivity contribution in [2.75, 3.05) is 5.32 Å². The predicted octanol–water partition coefficient (Wildman–Crippen LogP) is 5.86. The van der Waals surface area contributed by atoms with E-state index in [0.29, 0.717) is 10.7 Å². The molecule has 3 aromatic carbocycles. The van der Waals surface area contributed by atoms with Crippen LogP contribution in [0.3, 0.4) is 0 Å². The van der Waals surface area contributed by atoms with Crippen LogP contribution < -0.4 is 5.32 Å². The maximum absolute atomic E-state index is 13.1. The number of nitrogens with one attached hydrogen (secondary N) is 1. The molecule has 0 amide bonds. The van der Waals surface area contributed by atoms with E-state index in [-0.39, 0.29) is 11.4 Å². The molecule has 4 aromatic rings. The summed E-state index contributed by atoms with van der Waals surface area (Å²) in [5.41, 5.74) is 3.14. The Bertz CT molecular complexity index is 1150. The molecule has 4 nitrogen and oxygen atoms in total. The van der Waals surface area contributed by atoms with Gasteiger partial charge >= 0.3 is 5.97 Å². The van der Waals surface area contributed by atoms with Crippen molar-refractivity contribution in [3.63, 3.8) is 0 Å². The molecule has 0 unspecified atom stereocenters. The third-order valence-electron chi connectivity index (χ3n) is 4.29. The first kappa shape index (κ1) is 17.1. The molecule has 0 aliphatic carbocycles. The van der Waals surface area contributed by atoms with Gasteiger partial charge in [-0.1, -0.05) is 11.6 Å². The molecule has 1 heterocycles. The van der Waals surface area contributed by atoms with Crippen molar-refractivity contribution in [3.05, 3.63) is 89.3 Å². The van der Waals surface area contributed by atoms with Gasteiger partial charge in [0.1, 0.15) is 5.82 Å². The Morgan fingerprint density at radius 1 is 1.00 bits per heavy atom. The second-order valence-corrected chi connectivity index (χ2v) is 6.49. The van der Waals surface area contributed by atoms with E-state index in [1.54, 1.807) is 24.3 Å². The second-order valence-electron chi connectivity index (χ2n) is 6.06. The van der Waals surface area contributed by atoms with Crippen LogP contribution in [0.1, 0.15) is 10.4 Å².